The summed E-state index contributed by atoms with van der Waals surface area (Å²) in [6.45, 7) is 6.36. The lowest BCUT2D eigenvalue weighted by Crippen LogP contribution is -2.41. The molecule has 0 aromatic heterocycles. The summed E-state index contributed by atoms with van der Waals surface area (Å²) in [7, 11) is 0. The van der Waals surface area contributed by atoms with Crippen LogP contribution in [0.1, 0.15) is 33.6 Å². The van der Waals surface area contributed by atoms with Gasteiger partial charge in [0, 0.05) is 5.54 Å². The lowest BCUT2D eigenvalue weighted by molar-refractivity contribution is -0.386. The van der Waals surface area contributed by atoms with Crippen molar-refractivity contribution in [1.82, 2.24) is 0 Å². The molecular weight excluding hydrogens is 260 g/mol. The van der Waals surface area contributed by atoms with Crippen LogP contribution in [-0.4, -0.2) is 23.7 Å². The predicted molar refractivity (Wildman–Crippen MR) is 77.3 cm³/mol. The van der Waals surface area contributed by atoms with Crippen LogP contribution in [0.4, 0.5) is 5.69 Å². The summed E-state index contributed by atoms with van der Waals surface area (Å²) in [5.74, 6) is 0.415. The van der Waals surface area contributed by atoms with Gasteiger partial charge in [-0.15, -0.1) is 0 Å². The van der Waals surface area contributed by atoms with E-state index in [2.05, 4.69) is 0 Å². The number of benzene rings is 1. The topological polar surface area (TPSA) is 87.6 Å². The number of para-hydroxylation sites is 1. The van der Waals surface area contributed by atoms with Gasteiger partial charge in [-0.1, -0.05) is 19.9 Å². The van der Waals surface area contributed by atoms with Crippen molar-refractivity contribution in [3.63, 3.8) is 0 Å². The Morgan fingerprint density at radius 2 is 1.90 bits per heavy atom. The zero-order valence-corrected chi connectivity index (χ0v) is 12.2. The minimum absolute atomic E-state index is 0.146. The molecule has 2 N–H and O–H groups in total. The summed E-state index contributed by atoms with van der Waals surface area (Å²) in [5.41, 5.74) is 5.32. The molecule has 0 saturated heterocycles. The van der Waals surface area contributed by atoms with Gasteiger partial charge in [0.15, 0.2) is 0 Å². The van der Waals surface area contributed by atoms with E-state index in [0.29, 0.717) is 13.0 Å². The van der Waals surface area contributed by atoms with Crippen molar-refractivity contribution in [2.24, 2.45) is 5.73 Å². The molecule has 1 aromatic rings. The third-order valence-electron chi connectivity index (χ3n) is 2.97. The quantitative estimate of drug-likeness (QED) is 0.585. The molecule has 0 aliphatic carbocycles. The number of nitro groups is 1. The van der Waals surface area contributed by atoms with Gasteiger partial charge in [-0.05, 0) is 31.9 Å². The van der Waals surface area contributed by atoms with Crippen molar-refractivity contribution < 1.29 is 14.4 Å². The first-order valence-corrected chi connectivity index (χ1v) is 6.73. The molecule has 0 fully saturated rings. The van der Waals surface area contributed by atoms with Crippen LogP contribution in [0.15, 0.2) is 18.2 Å². The minimum Gasteiger partial charge on any atom is -0.487 e. The fraction of sp³-hybridized carbons (Fsp3) is 0.571. The van der Waals surface area contributed by atoms with Gasteiger partial charge < -0.3 is 15.2 Å². The molecule has 1 atom stereocenters. The molecule has 1 aromatic carbocycles. The molecule has 6 nitrogen and oxygen atoms in total. The number of nitro benzene ring substituents is 1. The Labute approximate surface area is 119 Å². The number of rotatable bonds is 8. The standard InChI is InChI=1S/C14H22N2O4/c1-4-9-19-11-7-6-8-12(13(11)16(17)18)20-10-14(3,15)5-2/h6-8H,4-5,9-10,15H2,1-3H3. The first-order valence-electron chi connectivity index (χ1n) is 6.73. The Morgan fingerprint density at radius 1 is 1.30 bits per heavy atom. The molecule has 6 heteroatoms. The molecule has 20 heavy (non-hydrogen) atoms. The Bertz CT molecular complexity index is 460. The van der Waals surface area contributed by atoms with E-state index < -0.39 is 10.5 Å². The Balaban J connectivity index is 2.97. The maximum atomic E-state index is 11.2. The fourth-order valence-electron chi connectivity index (χ4n) is 1.47. The summed E-state index contributed by atoms with van der Waals surface area (Å²) < 4.78 is 10.9. The Kier molecular flexibility index (Phi) is 5.76. The third kappa shape index (κ3) is 4.38. The molecule has 0 heterocycles. The van der Waals surface area contributed by atoms with Gasteiger partial charge in [0.2, 0.25) is 11.5 Å². The third-order valence-corrected chi connectivity index (χ3v) is 2.97. The fourth-order valence-corrected chi connectivity index (χ4v) is 1.47. The van der Waals surface area contributed by atoms with E-state index >= 15 is 0 Å². The lowest BCUT2D eigenvalue weighted by atomic mass is 10.0. The van der Waals surface area contributed by atoms with Crippen LogP contribution in [0.25, 0.3) is 0 Å². The van der Waals surface area contributed by atoms with E-state index in [9.17, 15) is 10.1 Å². The van der Waals surface area contributed by atoms with Gasteiger partial charge in [-0.3, -0.25) is 10.1 Å². The molecule has 1 rings (SSSR count). The number of nitrogens with zero attached hydrogens (tertiary/aromatic N) is 1. The summed E-state index contributed by atoms with van der Waals surface area (Å²) in [4.78, 5) is 10.7. The molecular formula is C14H22N2O4. The molecule has 0 aliphatic heterocycles. The molecule has 112 valence electrons. The molecule has 0 saturated carbocycles. The van der Waals surface area contributed by atoms with Crippen molar-refractivity contribution in [1.29, 1.82) is 0 Å². The van der Waals surface area contributed by atoms with Crippen molar-refractivity contribution in [2.45, 2.75) is 39.2 Å². The summed E-state index contributed by atoms with van der Waals surface area (Å²) >= 11 is 0. The van der Waals surface area contributed by atoms with Gasteiger partial charge in [-0.2, -0.15) is 0 Å². The average Bonchev–Trinajstić information content (AvgIpc) is 2.42. The van der Waals surface area contributed by atoms with Crippen LogP contribution >= 0.6 is 0 Å². The van der Waals surface area contributed by atoms with Crippen LogP contribution in [0.2, 0.25) is 0 Å². The number of ether oxygens (including phenoxy) is 2. The maximum Gasteiger partial charge on any atom is 0.352 e. The zero-order valence-electron chi connectivity index (χ0n) is 12.2. The van der Waals surface area contributed by atoms with E-state index in [1.165, 1.54) is 0 Å². The highest BCUT2D eigenvalue weighted by atomic mass is 16.6. The summed E-state index contributed by atoms with van der Waals surface area (Å²) in [5, 5.41) is 11.2. The first kappa shape index (κ1) is 16.2. The first-order chi connectivity index (χ1) is 9.41. The van der Waals surface area contributed by atoms with Crippen molar-refractivity contribution >= 4 is 5.69 Å². The second-order valence-corrected chi connectivity index (χ2v) is 5.00. The smallest absolute Gasteiger partial charge is 0.352 e. The summed E-state index contributed by atoms with van der Waals surface area (Å²) in [6, 6.07) is 4.80. The molecule has 0 radical (unpaired) electrons. The second kappa shape index (κ2) is 7.09. The molecule has 0 bridgehead atoms. The van der Waals surface area contributed by atoms with Gasteiger partial charge in [-0.25, -0.2) is 0 Å². The van der Waals surface area contributed by atoms with Gasteiger partial charge in [0.25, 0.3) is 0 Å². The Hall–Kier alpha value is -1.82. The second-order valence-electron chi connectivity index (χ2n) is 5.00. The van der Waals surface area contributed by atoms with Crippen LogP contribution in [0, 0.1) is 10.1 Å². The van der Waals surface area contributed by atoms with Crippen LogP contribution in [0.3, 0.4) is 0 Å². The van der Waals surface area contributed by atoms with Crippen LogP contribution in [-0.2, 0) is 0 Å². The molecule has 0 aliphatic rings. The minimum atomic E-state index is -0.520. The molecule has 0 amide bonds. The Morgan fingerprint density at radius 3 is 2.40 bits per heavy atom. The van der Waals surface area contributed by atoms with E-state index in [1.807, 2.05) is 20.8 Å². The SMILES string of the molecule is CCCOc1cccc(OCC(C)(N)CC)c1[N+](=O)[O-]. The van der Waals surface area contributed by atoms with Gasteiger partial charge in [0.05, 0.1) is 11.5 Å². The normalized spacial score (nSPS) is 13.6. The number of nitrogens with two attached hydrogens (primary N) is 1. The van der Waals surface area contributed by atoms with E-state index in [0.717, 1.165) is 6.42 Å². The number of hydrogen-bond donors (Lipinski definition) is 1. The van der Waals surface area contributed by atoms with Crippen molar-refractivity contribution in [3.8, 4) is 11.5 Å². The van der Waals surface area contributed by atoms with Crippen LogP contribution in [0.5, 0.6) is 11.5 Å². The maximum absolute atomic E-state index is 11.2. The predicted octanol–water partition coefficient (Wildman–Crippen LogP) is 2.89. The monoisotopic (exact) mass is 282 g/mol. The lowest BCUT2D eigenvalue weighted by Gasteiger charge is -2.22. The average molecular weight is 282 g/mol. The van der Waals surface area contributed by atoms with Crippen LogP contribution < -0.4 is 15.2 Å². The highest BCUT2D eigenvalue weighted by Crippen LogP contribution is 2.36. The van der Waals surface area contributed by atoms with E-state index in [-0.39, 0.29) is 23.8 Å². The van der Waals surface area contributed by atoms with Gasteiger partial charge in [0.1, 0.15) is 6.61 Å². The molecule has 0 spiro atoms. The largest absolute Gasteiger partial charge is 0.487 e. The highest BCUT2D eigenvalue weighted by Gasteiger charge is 2.24. The van der Waals surface area contributed by atoms with Gasteiger partial charge >= 0.3 is 5.69 Å². The van der Waals surface area contributed by atoms with E-state index in [4.69, 9.17) is 15.2 Å². The van der Waals surface area contributed by atoms with Crippen molar-refractivity contribution in [3.05, 3.63) is 28.3 Å². The summed E-state index contributed by atoms with van der Waals surface area (Å²) in [6.07, 6.45) is 1.49. The number of hydrogen-bond acceptors (Lipinski definition) is 5. The van der Waals surface area contributed by atoms with Crippen molar-refractivity contribution in [2.75, 3.05) is 13.2 Å². The van der Waals surface area contributed by atoms with E-state index in [1.54, 1.807) is 18.2 Å². The highest BCUT2D eigenvalue weighted by molar-refractivity contribution is 5.57. The molecule has 1 unspecified atom stereocenters. The zero-order chi connectivity index (χ0) is 15.2.